The minimum atomic E-state index is -0.450. The molecule has 0 aliphatic heterocycles. The fourth-order valence-corrected chi connectivity index (χ4v) is 2.86. The molecule has 0 bridgehead atoms. The van der Waals surface area contributed by atoms with Gasteiger partial charge in [-0.1, -0.05) is 12.1 Å². The molecule has 3 aromatic rings. The summed E-state index contributed by atoms with van der Waals surface area (Å²) in [5.41, 5.74) is 7.53. The number of hydrogen-bond acceptors (Lipinski definition) is 5. The molecule has 3 N–H and O–H groups in total. The molecule has 26 heavy (non-hydrogen) atoms. The molecule has 0 saturated heterocycles. The minimum Gasteiger partial charge on any atom is -0.497 e. The first-order valence-corrected chi connectivity index (χ1v) is 8.00. The second kappa shape index (κ2) is 7.73. The zero-order valence-corrected chi connectivity index (χ0v) is 14.1. The smallest absolute Gasteiger partial charge is 0.218 e. The standard InChI is InChI=1S/C18H18FN5O2/c1-26-16-4-2-11(3-5-16)6-12(10-17(20)25)13-7-14(9-15(19)8-13)18-21-23-24-22-18/h2-5,7-9,12H,6,10H2,1H3,(H2,20,25)(H,21,22,23,24). The zero-order chi connectivity index (χ0) is 18.5. The normalized spacial score (nSPS) is 11.9. The van der Waals surface area contributed by atoms with Gasteiger partial charge >= 0.3 is 0 Å². The Balaban J connectivity index is 1.92. The molecule has 1 atom stereocenters. The monoisotopic (exact) mass is 355 g/mol. The van der Waals surface area contributed by atoms with Crippen molar-refractivity contribution < 1.29 is 13.9 Å². The van der Waals surface area contributed by atoms with Gasteiger partial charge < -0.3 is 10.5 Å². The molecule has 0 aliphatic carbocycles. The van der Waals surface area contributed by atoms with Crippen LogP contribution in [0.5, 0.6) is 5.75 Å². The number of ether oxygens (including phenoxy) is 1. The van der Waals surface area contributed by atoms with Gasteiger partial charge in [-0.05, 0) is 59.0 Å². The van der Waals surface area contributed by atoms with Crippen LogP contribution in [0.1, 0.15) is 23.5 Å². The van der Waals surface area contributed by atoms with E-state index in [4.69, 9.17) is 10.5 Å². The van der Waals surface area contributed by atoms with Crippen LogP contribution in [-0.2, 0) is 11.2 Å². The number of aromatic amines is 1. The summed E-state index contributed by atoms with van der Waals surface area (Å²) in [4.78, 5) is 11.5. The topological polar surface area (TPSA) is 107 Å². The first-order chi connectivity index (χ1) is 12.5. The predicted octanol–water partition coefficient (Wildman–Crippen LogP) is 2.22. The number of tetrazole rings is 1. The number of methoxy groups -OCH3 is 1. The minimum absolute atomic E-state index is 0.0984. The van der Waals surface area contributed by atoms with Crippen molar-refractivity contribution in [2.45, 2.75) is 18.8 Å². The fraction of sp³-hybridized carbons (Fsp3) is 0.222. The van der Waals surface area contributed by atoms with Crippen LogP contribution in [0.2, 0.25) is 0 Å². The van der Waals surface area contributed by atoms with E-state index in [1.165, 1.54) is 12.1 Å². The second-order valence-electron chi connectivity index (χ2n) is 5.93. The summed E-state index contributed by atoms with van der Waals surface area (Å²) >= 11 is 0. The van der Waals surface area contributed by atoms with Crippen LogP contribution in [0.15, 0.2) is 42.5 Å². The van der Waals surface area contributed by atoms with Crippen LogP contribution in [0.3, 0.4) is 0 Å². The lowest BCUT2D eigenvalue weighted by atomic mass is 9.88. The van der Waals surface area contributed by atoms with E-state index in [0.717, 1.165) is 11.3 Å². The first-order valence-electron chi connectivity index (χ1n) is 8.00. The highest BCUT2D eigenvalue weighted by Gasteiger charge is 2.18. The highest BCUT2D eigenvalue weighted by molar-refractivity contribution is 5.75. The Morgan fingerprint density at radius 2 is 2.04 bits per heavy atom. The Morgan fingerprint density at radius 3 is 2.65 bits per heavy atom. The van der Waals surface area contributed by atoms with E-state index in [-0.39, 0.29) is 18.2 Å². The molecule has 2 aromatic carbocycles. The zero-order valence-electron chi connectivity index (χ0n) is 14.1. The van der Waals surface area contributed by atoms with E-state index in [2.05, 4.69) is 20.6 Å². The van der Waals surface area contributed by atoms with E-state index in [0.29, 0.717) is 17.5 Å². The summed E-state index contributed by atoms with van der Waals surface area (Å²) < 4.78 is 19.3. The lowest BCUT2D eigenvalue weighted by Gasteiger charge is -2.17. The van der Waals surface area contributed by atoms with E-state index in [1.807, 2.05) is 24.3 Å². The average Bonchev–Trinajstić information content (AvgIpc) is 3.15. The summed E-state index contributed by atoms with van der Waals surface area (Å²) in [5.74, 6) is -0.138. The van der Waals surface area contributed by atoms with Gasteiger partial charge in [0.15, 0.2) is 0 Å². The van der Waals surface area contributed by atoms with E-state index < -0.39 is 11.7 Å². The number of carbonyl (C=O) groups excluding carboxylic acids is 1. The van der Waals surface area contributed by atoms with E-state index in [1.54, 1.807) is 13.2 Å². The third-order valence-electron chi connectivity index (χ3n) is 4.08. The highest BCUT2D eigenvalue weighted by Crippen LogP contribution is 2.29. The molecule has 1 unspecified atom stereocenters. The van der Waals surface area contributed by atoms with Crippen LogP contribution < -0.4 is 10.5 Å². The lowest BCUT2D eigenvalue weighted by molar-refractivity contribution is -0.118. The van der Waals surface area contributed by atoms with Gasteiger partial charge in [-0.3, -0.25) is 4.79 Å². The van der Waals surface area contributed by atoms with E-state index in [9.17, 15) is 9.18 Å². The summed E-state index contributed by atoms with van der Waals surface area (Å²) in [7, 11) is 1.59. The third-order valence-corrected chi connectivity index (χ3v) is 4.08. The Labute approximate surface area is 149 Å². The Bertz CT molecular complexity index is 881. The van der Waals surface area contributed by atoms with Gasteiger partial charge in [0, 0.05) is 12.0 Å². The number of halogens is 1. The molecule has 1 amide bonds. The number of hydrogen-bond donors (Lipinski definition) is 2. The maximum atomic E-state index is 14.1. The van der Waals surface area contributed by atoms with Crippen molar-refractivity contribution in [1.82, 2.24) is 20.6 Å². The number of benzene rings is 2. The maximum Gasteiger partial charge on any atom is 0.218 e. The highest BCUT2D eigenvalue weighted by atomic mass is 19.1. The number of aromatic nitrogens is 4. The maximum absolute atomic E-state index is 14.1. The fourth-order valence-electron chi connectivity index (χ4n) is 2.86. The van der Waals surface area contributed by atoms with Crippen LogP contribution in [0.4, 0.5) is 4.39 Å². The van der Waals surface area contributed by atoms with Crippen molar-refractivity contribution in [1.29, 1.82) is 0 Å². The summed E-state index contributed by atoms with van der Waals surface area (Å²) in [5, 5.41) is 13.6. The van der Waals surface area contributed by atoms with E-state index >= 15 is 0 Å². The molecule has 7 nitrogen and oxygen atoms in total. The Hall–Kier alpha value is -3.29. The van der Waals surface area contributed by atoms with Gasteiger partial charge in [-0.15, -0.1) is 10.2 Å². The summed E-state index contributed by atoms with van der Waals surface area (Å²) in [6.07, 6.45) is 0.628. The lowest BCUT2D eigenvalue weighted by Crippen LogP contribution is -2.17. The van der Waals surface area contributed by atoms with Crippen LogP contribution >= 0.6 is 0 Å². The van der Waals surface area contributed by atoms with Crippen molar-refractivity contribution in [2.24, 2.45) is 5.73 Å². The molecular weight excluding hydrogens is 337 g/mol. The van der Waals surface area contributed by atoms with Gasteiger partial charge in [0.05, 0.1) is 7.11 Å². The third kappa shape index (κ3) is 4.21. The molecule has 0 aliphatic rings. The van der Waals surface area contributed by atoms with Crippen molar-refractivity contribution in [2.75, 3.05) is 7.11 Å². The number of H-pyrrole nitrogens is 1. The summed E-state index contributed by atoms with van der Waals surface area (Å²) in [6, 6.07) is 12.0. The second-order valence-corrected chi connectivity index (χ2v) is 5.93. The van der Waals surface area contributed by atoms with Crippen LogP contribution in [0.25, 0.3) is 11.4 Å². The molecule has 3 rings (SSSR count). The van der Waals surface area contributed by atoms with Crippen molar-refractivity contribution in [3.8, 4) is 17.1 Å². The van der Waals surface area contributed by atoms with Crippen molar-refractivity contribution in [3.63, 3.8) is 0 Å². The number of nitrogens with one attached hydrogen (secondary N) is 1. The number of primary amides is 1. The predicted molar refractivity (Wildman–Crippen MR) is 92.8 cm³/mol. The molecule has 0 radical (unpaired) electrons. The molecule has 0 saturated carbocycles. The Kier molecular flexibility index (Phi) is 5.21. The van der Waals surface area contributed by atoms with Gasteiger partial charge in [0.25, 0.3) is 0 Å². The quantitative estimate of drug-likeness (QED) is 0.676. The molecule has 0 fully saturated rings. The van der Waals surface area contributed by atoms with Gasteiger partial charge in [-0.2, -0.15) is 5.21 Å². The number of rotatable bonds is 7. The SMILES string of the molecule is COc1ccc(CC(CC(N)=O)c2cc(F)cc(-c3nn[nH]n3)c2)cc1. The molecule has 1 heterocycles. The molecular formula is C18H18FN5O2. The first kappa shape index (κ1) is 17.5. The Morgan fingerprint density at radius 1 is 1.27 bits per heavy atom. The number of nitrogens with zero attached hydrogens (tertiary/aromatic N) is 3. The molecule has 0 spiro atoms. The number of amides is 1. The van der Waals surface area contributed by atoms with Crippen molar-refractivity contribution >= 4 is 5.91 Å². The average molecular weight is 355 g/mol. The summed E-state index contributed by atoms with van der Waals surface area (Å²) in [6.45, 7) is 0. The van der Waals surface area contributed by atoms with Crippen molar-refractivity contribution in [3.05, 3.63) is 59.4 Å². The van der Waals surface area contributed by atoms with Gasteiger partial charge in [0.1, 0.15) is 11.6 Å². The van der Waals surface area contributed by atoms with Gasteiger partial charge in [0.2, 0.25) is 11.7 Å². The molecule has 134 valence electrons. The van der Waals surface area contributed by atoms with Crippen LogP contribution in [-0.4, -0.2) is 33.6 Å². The number of carbonyl (C=O) groups is 1. The van der Waals surface area contributed by atoms with Gasteiger partial charge in [-0.25, -0.2) is 4.39 Å². The van der Waals surface area contributed by atoms with Crippen LogP contribution in [0, 0.1) is 5.82 Å². The largest absolute Gasteiger partial charge is 0.497 e. The molecule has 8 heteroatoms. The molecule has 1 aromatic heterocycles. The number of nitrogens with two attached hydrogens (primary N) is 1.